The van der Waals surface area contributed by atoms with Crippen LogP contribution in [0.4, 0.5) is 11.4 Å². The van der Waals surface area contributed by atoms with Gasteiger partial charge in [0.2, 0.25) is 0 Å². The number of halogens is 1. The lowest BCUT2D eigenvalue weighted by Gasteiger charge is -2.08. The number of hydrogen-bond acceptors (Lipinski definition) is 12. The molecule has 0 bridgehead atoms. The van der Waals surface area contributed by atoms with Crippen LogP contribution in [0.25, 0.3) is 22.8 Å². The van der Waals surface area contributed by atoms with Gasteiger partial charge in [0, 0.05) is 71.2 Å². The maximum absolute atomic E-state index is 12.6. The third kappa shape index (κ3) is 10.4. The fourth-order valence-corrected chi connectivity index (χ4v) is 6.28. The number of ether oxygens (including phenoxy) is 2. The van der Waals surface area contributed by atoms with Crippen LogP contribution in [-0.4, -0.2) is 70.0 Å². The molecule has 14 nitrogen and oxygen atoms in total. The Morgan fingerprint density at radius 2 is 0.797 bits per heavy atom. The van der Waals surface area contributed by atoms with E-state index in [1.54, 1.807) is 48.5 Å². The van der Waals surface area contributed by atoms with E-state index in [-0.39, 0.29) is 36.3 Å². The molecule has 2 saturated carbocycles. The lowest BCUT2D eigenvalue weighted by atomic mass is 10.1. The number of rotatable bonds is 10. The zero-order valence-electron chi connectivity index (χ0n) is 32.1. The second kappa shape index (κ2) is 18.6. The molecule has 2 aliphatic rings. The van der Waals surface area contributed by atoms with Gasteiger partial charge in [-0.2, -0.15) is 0 Å². The van der Waals surface area contributed by atoms with Gasteiger partial charge < -0.3 is 31.6 Å². The number of methoxy groups -OCH3 is 2. The molecule has 2 aliphatic carbocycles. The third-order valence-corrected chi connectivity index (χ3v) is 9.80. The number of esters is 2. The average molecular weight is 813 g/mol. The SMILES string of the molecule is COC(=O)c1ccnc(-c2cc(C(=O)Nc3ccc([C@H]4C[C@@H]4N)cc3)ccn2)c1.COC(=O)c1ccnc(-c2cc(C(=O)Nc3ccc([C@H]4C[C@@H]4N)cc3)ccn2)c1.Cl. The Bertz CT molecular complexity index is 2310. The fourth-order valence-electron chi connectivity index (χ4n) is 6.28. The van der Waals surface area contributed by atoms with Crippen LogP contribution in [0, 0.1) is 0 Å². The Labute approximate surface area is 346 Å². The minimum atomic E-state index is -0.460. The Balaban J connectivity index is 0.000000195. The molecule has 6 aromatic rings. The van der Waals surface area contributed by atoms with Gasteiger partial charge in [-0.05, 0) is 96.8 Å². The zero-order valence-corrected chi connectivity index (χ0v) is 32.9. The highest BCUT2D eigenvalue weighted by Crippen LogP contribution is 2.40. The number of pyridine rings is 4. The van der Waals surface area contributed by atoms with Crippen molar-refractivity contribution in [1.29, 1.82) is 0 Å². The van der Waals surface area contributed by atoms with Gasteiger partial charge in [0.25, 0.3) is 11.8 Å². The Kier molecular flexibility index (Phi) is 13.2. The summed E-state index contributed by atoms with van der Waals surface area (Å²) in [6.07, 6.45) is 8.10. The van der Waals surface area contributed by atoms with Gasteiger partial charge in [0.05, 0.1) is 48.1 Å². The van der Waals surface area contributed by atoms with E-state index in [9.17, 15) is 19.2 Å². The quantitative estimate of drug-likeness (QED) is 0.110. The van der Waals surface area contributed by atoms with Gasteiger partial charge in [-0.1, -0.05) is 24.3 Å². The maximum atomic E-state index is 12.6. The van der Waals surface area contributed by atoms with Gasteiger partial charge >= 0.3 is 11.9 Å². The van der Waals surface area contributed by atoms with Crippen molar-refractivity contribution in [2.75, 3.05) is 24.9 Å². The number of carbonyl (C=O) groups excluding carboxylic acids is 4. The molecule has 4 atom stereocenters. The Morgan fingerprint density at radius 3 is 1.08 bits per heavy atom. The summed E-state index contributed by atoms with van der Waals surface area (Å²) in [7, 11) is 2.63. The molecule has 15 heteroatoms. The summed E-state index contributed by atoms with van der Waals surface area (Å²) in [5, 5.41) is 5.76. The van der Waals surface area contributed by atoms with Crippen LogP contribution < -0.4 is 22.1 Å². The molecule has 8 rings (SSSR count). The predicted molar refractivity (Wildman–Crippen MR) is 224 cm³/mol. The second-order valence-corrected chi connectivity index (χ2v) is 13.9. The number of hydrogen-bond donors (Lipinski definition) is 4. The normalized spacial score (nSPS) is 17.2. The largest absolute Gasteiger partial charge is 0.465 e. The summed E-state index contributed by atoms with van der Waals surface area (Å²) in [4.78, 5) is 65.7. The van der Waals surface area contributed by atoms with Crippen molar-refractivity contribution >= 4 is 47.5 Å². The van der Waals surface area contributed by atoms with Crippen molar-refractivity contribution in [3.63, 3.8) is 0 Å². The Morgan fingerprint density at radius 1 is 0.508 bits per heavy atom. The van der Waals surface area contributed by atoms with E-state index in [0.29, 0.717) is 68.2 Å². The van der Waals surface area contributed by atoms with Gasteiger partial charge in [-0.25, -0.2) is 9.59 Å². The summed E-state index contributed by atoms with van der Waals surface area (Å²) in [6, 6.07) is 28.8. The molecular weight excluding hydrogens is 772 g/mol. The summed E-state index contributed by atoms with van der Waals surface area (Å²) in [5.74, 6) is -0.579. The monoisotopic (exact) mass is 812 g/mol. The molecule has 0 saturated heterocycles. The van der Waals surface area contributed by atoms with Crippen molar-refractivity contribution in [1.82, 2.24) is 19.9 Å². The smallest absolute Gasteiger partial charge is 0.337 e. The van der Waals surface area contributed by atoms with Gasteiger partial charge in [-0.3, -0.25) is 29.5 Å². The highest BCUT2D eigenvalue weighted by atomic mass is 35.5. The van der Waals surface area contributed by atoms with Crippen LogP contribution in [0.5, 0.6) is 0 Å². The van der Waals surface area contributed by atoms with Crippen LogP contribution >= 0.6 is 12.4 Å². The van der Waals surface area contributed by atoms with Gasteiger partial charge in [0.15, 0.2) is 0 Å². The van der Waals surface area contributed by atoms with E-state index in [1.165, 1.54) is 50.1 Å². The Hall–Kier alpha value is -6.87. The van der Waals surface area contributed by atoms with Crippen LogP contribution in [0.15, 0.2) is 122 Å². The number of anilines is 2. The molecule has 0 radical (unpaired) electrons. The topological polar surface area (TPSA) is 214 Å². The maximum Gasteiger partial charge on any atom is 0.337 e. The van der Waals surface area contributed by atoms with Crippen LogP contribution in [-0.2, 0) is 9.47 Å². The molecule has 300 valence electrons. The number of nitrogens with two attached hydrogens (primary N) is 2. The first-order valence-electron chi connectivity index (χ1n) is 18.5. The molecule has 2 fully saturated rings. The molecule has 2 amide bonds. The molecular formula is C44H41ClN8O6. The molecule has 2 aromatic carbocycles. The molecule has 4 heterocycles. The average Bonchev–Trinajstić information content (AvgIpc) is 4.20. The number of nitrogens with zero attached hydrogens (tertiary/aromatic N) is 4. The van der Waals surface area contributed by atoms with E-state index in [2.05, 4.69) is 30.6 Å². The van der Waals surface area contributed by atoms with Crippen molar-refractivity contribution in [2.45, 2.75) is 36.8 Å². The van der Waals surface area contributed by atoms with Gasteiger partial charge in [0.1, 0.15) is 0 Å². The third-order valence-electron chi connectivity index (χ3n) is 9.80. The second-order valence-electron chi connectivity index (χ2n) is 13.9. The van der Waals surface area contributed by atoms with Gasteiger partial charge in [-0.15, -0.1) is 12.4 Å². The first-order valence-corrected chi connectivity index (χ1v) is 18.5. The molecule has 59 heavy (non-hydrogen) atoms. The number of nitrogens with one attached hydrogen (secondary N) is 2. The molecule has 4 aromatic heterocycles. The first-order chi connectivity index (χ1) is 28.1. The standard InChI is InChI=1S/2C22H20N4O3.ClH/c2*1-29-22(28)15-7-9-25-20(11-15)19-10-14(6-8-24-19)21(27)26-16-4-2-13(3-5-16)17-12-18(17)23;/h2*2-11,17-18H,12,23H2,1H3,(H,26,27);1H/t2*17-,18+;/m11./s1. The summed E-state index contributed by atoms with van der Waals surface area (Å²) >= 11 is 0. The van der Waals surface area contributed by atoms with Crippen LogP contribution in [0.3, 0.4) is 0 Å². The van der Waals surface area contributed by atoms with Crippen molar-refractivity contribution in [3.8, 4) is 22.8 Å². The van der Waals surface area contributed by atoms with E-state index in [0.717, 1.165) is 12.8 Å². The highest BCUT2D eigenvalue weighted by Gasteiger charge is 2.35. The number of carbonyl (C=O) groups is 4. The van der Waals surface area contributed by atoms with Crippen molar-refractivity contribution < 1.29 is 28.7 Å². The van der Waals surface area contributed by atoms with Crippen molar-refractivity contribution in [3.05, 3.63) is 155 Å². The lowest BCUT2D eigenvalue weighted by molar-refractivity contribution is 0.0592. The number of amides is 2. The number of aromatic nitrogens is 4. The van der Waals surface area contributed by atoms with E-state index in [4.69, 9.17) is 20.9 Å². The van der Waals surface area contributed by atoms with Crippen LogP contribution in [0.2, 0.25) is 0 Å². The number of benzene rings is 2. The molecule has 0 aliphatic heterocycles. The molecule has 6 N–H and O–H groups in total. The van der Waals surface area contributed by atoms with E-state index in [1.807, 2.05) is 48.5 Å². The minimum absolute atomic E-state index is 0. The molecule has 0 spiro atoms. The predicted octanol–water partition coefficient (Wildman–Crippen LogP) is 6.42. The fraction of sp³-hybridized carbons (Fsp3) is 0.182. The molecule has 0 unspecified atom stereocenters. The van der Waals surface area contributed by atoms with Crippen LogP contribution in [0.1, 0.15) is 77.2 Å². The minimum Gasteiger partial charge on any atom is -0.465 e. The lowest BCUT2D eigenvalue weighted by Crippen LogP contribution is -2.12. The first kappa shape index (κ1) is 41.8. The van der Waals surface area contributed by atoms with E-state index < -0.39 is 11.9 Å². The van der Waals surface area contributed by atoms with E-state index >= 15 is 0 Å². The zero-order chi connectivity index (χ0) is 40.8. The van der Waals surface area contributed by atoms with Crippen molar-refractivity contribution in [2.24, 2.45) is 11.5 Å². The summed E-state index contributed by atoms with van der Waals surface area (Å²) in [5.41, 5.74) is 19.1. The summed E-state index contributed by atoms with van der Waals surface area (Å²) in [6.45, 7) is 0. The highest BCUT2D eigenvalue weighted by molar-refractivity contribution is 6.05. The summed E-state index contributed by atoms with van der Waals surface area (Å²) < 4.78 is 9.46.